The zero-order valence-electron chi connectivity index (χ0n) is 5.09. The minimum Gasteiger partial charge on any atom is -0.303 e. The predicted octanol–water partition coefficient (Wildman–Crippen LogP) is 1.03. The fourth-order valence-electron chi connectivity index (χ4n) is 0.520. The van der Waals surface area contributed by atoms with E-state index in [-0.39, 0.29) is 12.5 Å². The molecule has 0 spiro atoms. The molecule has 0 aromatic rings. The van der Waals surface area contributed by atoms with Crippen molar-refractivity contribution in [2.24, 2.45) is 5.92 Å². The van der Waals surface area contributed by atoms with Gasteiger partial charge in [0.1, 0.15) is 6.29 Å². The summed E-state index contributed by atoms with van der Waals surface area (Å²) in [7, 11) is 0. The summed E-state index contributed by atoms with van der Waals surface area (Å²) < 4.78 is 0. The van der Waals surface area contributed by atoms with Gasteiger partial charge < -0.3 is 4.79 Å². The fraction of sp³-hybridized carbons (Fsp3) is 0.833. The number of carbonyl (C=O) groups is 1. The van der Waals surface area contributed by atoms with Crippen molar-refractivity contribution >= 4 is 6.29 Å². The summed E-state index contributed by atoms with van der Waals surface area (Å²) in [5.41, 5.74) is 0. The van der Waals surface area contributed by atoms with Gasteiger partial charge in [0.25, 0.3) is 0 Å². The largest absolute Gasteiger partial charge is 0.303 e. The first-order valence-electron chi connectivity index (χ1n) is 2.88. The van der Waals surface area contributed by atoms with Crippen LogP contribution in [-0.2, 0) is 9.90 Å². The molecule has 0 fully saturated rings. The Kier molecular flexibility index (Phi) is 4.56. The van der Waals surface area contributed by atoms with E-state index < -0.39 is 0 Å². The fourth-order valence-corrected chi connectivity index (χ4v) is 0.520. The number of aldehydes is 1. The van der Waals surface area contributed by atoms with Gasteiger partial charge in [0.2, 0.25) is 0 Å². The van der Waals surface area contributed by atoms with Crippen LogP contribution in [0.2, 0.25) is 0 Å². The molecule has 0 saturated carbocycles. The highest BCUT2D eigenvalue weighted by molar-refractivity contribution is 5.53. The zero-order chi connectivity index (χ0) is 6.41. The Morgan fingerprint density at radius 1 is 1.62 bits per heavy atom. The monoisotopic (exact) mass is 115 g/mol. The van der Waals surface area contributed by atoms with Crippen molar-refractivity contribution in [1.82, 2.24) is 0 Å². The summed E-state index contributed by atoms with van der Waals surface area (Å²) in [6.45, 7) is 1.78. The van der Waals surface area contributed by atoms with E-state index in [1.165, 1.54) is 0 Å². The smallest absolute Gasteiger partial charge is 0.123 e. The Balaban J connectivity index is 3.21. The summed E-state index contributed by atoms with van der Waals surface area (Å²) in [6.07, 6.45) is 2.16. The second-order valence-corrected chi connectivity index (χ2v) is 1.80. The van der Waals surface area contributed by atoms with E-state index in [0.29, 0.717) is 6.42 Å². The van der Waals surface area contributed by atoms with Crippen molar-refractivity contribution in [3.8, 4) is 0 Å². The molecule has 0 saturated heterocycles. The van der Waals surface area contributed by atoms with Gasteiger partial charge in [-0.1, -0.05) is 6.92 Å². The molecule has 1 radical (unpaired) electrons. The second-order valence-electron chi connectivity index (χ2n) is 1.80. The Hall–Kier alpha value is -0.370. The van der Waals surface area contributed by atoms with Gasteiger partial charge in [-0.25, -0.2) is 5.11 Å². The lowest BCUT2D eigenvalue weighted by atomic mass is 10.1. The van der Waals surface area contributed by atoms with E-state index in [4.69, 9.17) is 0 Å². The van der Waals surface area contributed by atoms with Crippen LogP contribution >= 0.6 is 0 Å². The molecular formula is C6H11O2. The van der Waals surface area contributed by atoms with Gasteiger partial charge in [0.05, 0.1) is 6.61 Å². The van der Waals surface area contributed by atoms with E-state index >= 15 is 0 Å². The minimum absolute atomic E-state index is 0.00694. The van der Waals surface area contributed by atoms with Crippen LogP contribution in [0, 0.1) is 5.92 Å². The van der Waals surface area contributed by atoms with Crippen LogP contribution in [0.25, 0.3) is 0 Å². The first kappa shape index (κ1) is 7.63. The van der Waals surface area contributed by atoms with Gasteiger partial charge in [-0.2, -0.15) is 0 Å². The molecule has 1 unspecified atom stereocenters. The van der Waals surface area contributed by atoms with Crippen molar-refractivity contribution in [2.45, 2.75) is 19.8 Å². The molecule has 0 aromatic heterocycles. The zero-order valence-corrected chi connectivity index (χ0v) is 5.09. The van der Waals surface area contributed by atoms with Crippen molar-refractivity contribution in [2.75, 3.05) is 6.61 Å². The normalized spacial score (nSPS) is 13.2. The number of hydrogen-bond donors (Lipinski definition) is 0. The van der Waals surface area contributed by atoms with Crippen LogP contribution in [0.3, 0.4) is 0 Å². The third-order valence-electron chi connectivity index (χ3n) is 1.21. The first-order chi connectivity index (χ1) is 3.85. The molecule has 0 heterocycles. The lowest BCUT2D eigenvalue weighted by Gasteiger charge is -1.99. The summed E-state index contributed by atoms with van der Waals surface area (Å²) >= 11 is 0. The molecule has 2 heteroatoms. The van der Waals surface area contributed by atoms with Gasteiger partial charge in [-0.05, 0) is 12.8 Å². The molecule has 1 atom stereocenters. The van der Waals surface area contributed by atoms with Gasteiger partial charge >= 0.3 is 0 Å². The molecule has 0 aliphatic heterocycles. The first-order valence-corrected chi connectivity index (χ1v) is 2.88. The molecule has 0 aromatic carbocycles. The quantitative estimate of drug-likeness (QED) is 0.504. The number of hydrogen-bond acceptors (Lipinski definition) is 1. The lowest BCUT2D eigenvalue weighted by Crippen LogP contribution is -2.01. The number of carbonyl (C=O) groups excluding carboxylic acids is 1. The third-order valence-corrected chi connectivity index (χ3v) is 1.21. The predicted molar refractivity (Wildman–Crippen MR) is 30.0 cm³/mol. The Bertz CT molecular complexity index is 61.5. The van der Waals surface area contributed by atoms with Crippen LogP contribution in [0.15, 0.2) is 0 Å². The van der Waals surface area contributed by atoms with Crippen LogP contribution in [0.4, 0.5) is 0 Å². The van der Waals surface area contributed by atoms with Crippen molar-refractivity contribution < 1.29 is 9.90 Å². The highest BCUT2D eigenvalue weighted by Crippen LogP contribution is 2.01. The summed E-state index contributed by atoms with van der Waals surface area (Å²) in [4.78, 5) is 9.99. The molecule has 47 valence electrons. The molecule has 0 rings (SSSR count). The molecule has 0 aliphatic carbocycles. The molecule has 0 aliphatic rings. The average Bonchev–Trinajstić information content (AvgIpc) is 1.83. The molecule has 0 amide bonds. The Morgan fingerprint density at radius 2 is 2.25 bits per heavy atom. The van der Waals surface area contributed by atoms with E-state index in [0.717, 1.165) is 12.7 Å². The standard InChI is InChI=1S/C6H11O2/c1-2-6(5-8)3-4-7/h5-6H,2-4H2,1H3. The molecule has 0 N–H and O–H groups in total. The molecule has 8 heavy (non-hydrogen) atoms. The topological polar surface area (TPSA) is 37.0 Å². The van der Waals surface area contributed by atoms with Crippen LogP contribution in [0.1, 0.15) is 19.8 Å². The van der Waals surface area contributed by atoms with Crippen molar-refractivity contribution in [3.05, 3.63) is 0 Å². The van der Waals surface area contributed by atoms with Crippen molar-refractivity contribution in [3.63, 3.8) is 0 Å². The summed E-state index contributed by atoms with van der Waals surface area (Å²) in [6, 6.07) is 0. The van der Waals surface area contributed by atoms with Gasteiger partial charge in [-0.15, -0.1) is 0 Å². The van der Waals surface area contributed by atoms with Crippen LogP contribution in [0.5, 0.6) is 0 Å². The molecule has 2 nitrogen and oxygen atoms in total. The average molecular weight is 115 g/mol. The second kappa shape index (κ2) is 4.78. The minimum atomic E-state index is -0.128. The Morgan fingerprint density at radius 3 is 2.38 bits per heavy atom. The highest BCUT2D eigenvalue weighted by Gasteiger charge is 2.01. The summed E-state index contributed by atoms with van der Waals surface area (Å²) in [5, 5.41) is 9.90. The van der Waals surface area contributed by atoms with Crippen LogP contribution in [-0.4, -0.2) is 12.9 Å². The van der Waals surface area contributed by atoms with Crippen molar-refractivity contribution in [1.29, 1.82) is 0 Å². The third kappa shape index (κ3) is 2.75. The van der Waals surface area contributed by atoms with E-state index in [2.05, 4.69) is 0 Å². The SMILES string of the molecule is CCC(C=O)CC[O]. The maximum absolute atomic E-state index is 9.99. The maximum Gasteiger partial charge on any atom is 0.123 e. The molecule has 0 bridgehead atoms. The van der Waals surface area contributed by atoms with Gasteiger partial charge in [-0.3, -0.25) is 0 Å². The lowest BCUT2D eigenvalue weighted by molar-refractivity contribution is -0.111. The Labute approximate surface area is 49.5 Å². The van der Waals surface area contributed by atoms with Gasteiger partial charge in [0.15, 0.2) is 0 Å². The van der Waals surface area contributed by atoms with Gasteiger partial charge in [0, 0.05) is 5.92 Å². The van der Waals surface area contributed by atoms with Crippen LogP contribution < -0.4 is 0 Å². The molecular weight excluding hydrogens is 104 g/mol. The van der Waals surface area contributed by atoms with E-state index in [9.17, 15) is 9.90 Å². The summed E-state index contributed by atoms with van der Waals surface area (Å²) in [5.74, 6) is 0.00694. The maximum atomic E-state index is 9.99. The highest BCUT2D eigenvalue weighted by atomic mass is 16.3. The van der Waals surface area contributed by atoms with E-state index in [1.807, 2.05) is 6.92 Å². The number of rotatable bonds is 4. The van der Waals surface area contributed by atoms with E-state index in [1.54, 1.807) is 0 Å².